The highest BCUT2D eigenvalue weighted by molar-refractivity contribution is 5.69. The quantitative estimate of drug-likeness (QED) is 0.787. The Morgan fingerprint density at radius 3 is 2.55 bits per heavy atom. The van der Waals surface area contributed by atoms with Crippen LogP contribution in [0, 0.1) is 6.92 Å². The molecular weight excluding hydrogens is 262 g/mol. The zero-order valence-electron chi connectivity index (χ0n) is 12.8. The number of ether oxygens (including phenoxy) is 2. The molecule has 7 heteroatoms. The van der Waals surface area contributed by atoms with E-state index in [1.54, 1.807) is 20.8 Å². The number of aromatic nitrogens is 2. The van der Waals surface area contributed by atoms with Gasteiger partial charge >= 0.3 is 6.09 Å². The maximum Gasteiger partial charge on any atom is 0.413 e. The topological polar surface area (TPSA) is 77.7 Å². The average Bonchev–Trinajstić information content (AvgIpc) is 2.79. The molecule has 0 aliphatic carbocycles. The molecule has 1 saturated heterocycles. The lowest BCUT2D eigenvalue weighted by atomic mass is 10.2. The van der Waals surface area contributed by atoms with Crippen molar-refractivity contribution in [3.05, 3.63) is 11.8 Å². The fourth-order valence-corrected chi connectivity index (χ4v) is 2.09. The van der Waals surface area contributed by atoms with Crippen molar-refractivity contribution in [1.82, 2.24) is 15.1 Å². The van der Waals surface area contributed by atoms with Crippen LogP contribution in [-0.2, 0) is 9.47 Å². The second-order valence-electron chi connectivity index (χ2n) is 6.28. The molecule has 7 nitrogen and oxygen atoms in total. The van der Waals surface area contributed by atoms with Crippen molar-refractivity contribution in [3.8, 4) is 0 Å². The van der Waals surface area contributed by atoms with E-state index < -0.39 is 23.5 Å². The minimum Gasteiger partial charge on any atom is -0.444 e. The van der Waals surface area contributed by atoms with Crippen molar-refractivity contribution in [1.29, 1.82) is 0 Å². The Kier molecular flexibility index (Phi) is 3.49. The van der Waals surface area contributed by atoms with Crippen molar-refractivity contribution in [2.24, 2.45) is 0 Å². The van der Waals surface area contributed by atoms with Gasteiger partial charge in [0.25, 0.3) is 0 Å². The Hall–Kier alpha value is -1.63. The predicted molar refractivity (Wildman–Crippen MR) is 69.9 cm³/mol. The third-order valence-electron chi connectivity index (χ3n) is 2.90. The fourth-order valence-electron chi connectivity index (χ4n) is 2.09. The van der Waals surface area contributed by atoms with Crippen LogP contribution in [0.3, 0.4) is 0 Å². The molecule has 1 amide bonds. The minimum absolute atomic E-state index is 0.299. The van der Waals surface area contributed by atoms with Crippen LogP contribution in [0.5, 0.6) is 0 Å². The molecule has 112 valence electrons. The Morgan fingerprint density at radius 2 is 2.05 bits per heavy atom. The van der Waals surface area contributed by atoms with Crippen molar-refractivity contribution in [2.75, 3.05) is 6.61 Å². The van der Waals surface area contributed by atoms with Crippen LogP contribution in [0.1, 0.15) is 52.4 Å². The molecule has 1 fully saturated rings. The summed E-state index contributed by atoms with van der Waals surface area (Å²) < 4.78 is 16.5. The smallest absolute Gasteiger partial charge is 0.413 e. The summed E-state index contributed by atoms with van der Waals surface area (Å²) >= 11 is 0. The molecule has 0 bridgehead atoms. The van der Waals surface area contributed by atoms with E-state index in [2.05, 4.69) is 10.2 Å². The lowest BCUT2D eigenvalue weighted by Crippen LogP contribution is -2.47. The molecule has 0 unspecified atom stereocenters. The molecule has 0 aromatic carbocycles. The van der Waals surface area contributed by atoms with Crippen LogP contribution in [0.4, 0.5) is 4.79 Å². The van der Waals surface area contributed by atoms with Gasteiger partial charge in [0.05, 0.1) is 6.61 Å². The summed E-state index contributed by atoms with van der Waals surface area (Å²) in [7, 11) is 0. The third kappa shape index (κ3) is 2.92. The molecule has 1 aromatic rings. The van der Waals surface area contributed by atoms with Gasteiger partial charge in [-0.15, -0.1) is 10.2 Å². The molecule has 0 spiro atoms. The van der Waals surface area contributed by atoms with Crippen LogP contribution in [0.2, 0.25) is 0 Å². The SMILES string of the molecule is Cc1nnc([C@@H]2COC(C)(C)N2C(=O)OC(C)(C)C)o1. The first kappa shape index (κ1) is 14.8. The molecule has 20 heavy (non-hydrogen) atoms. The van der Waals surface area contributed by atoms with Gasteiger partial charge in [0.15, 0.2) is 0 Å². The van der Waals surface area contributed by atoms with E-state index in [9.17, 15) is 4.79 Å². The van der Waals surface area contributed by atoms with Crippen LogP contribution in [-0.4, -0.2) is 39.1 Å². The Bertz CT molecular complexity index is 504. The van der Waals surface area contributed by atoms with Gasteiger partial charge in [0, 0.05) is 6.92 Å². The van der Waals surface area contributed by atoms with Gasteiger partial charge in [-0.1, -0.05) is 0 Å². The highest BCUT2D eigenvalue weighted by Gasteiger charge is 2.48. The molecule has 0 N–H and O–H groups in total. The summed E-state index contributed by atoms with van der Waals surface area (Å²) in [6.45, 7) is 11.1. The average molecular weight is 283 g/mol. The first-order valence-corrected chi connectivity index (χ1v) is 6.56. The van der Waals surface area contributed by atoms with E-state index >= 15 is 0 Å². The van der Waals surface area contributed by atoms with Crippen LogP contribution in [0.15, 0.2) is 4.42 Å². The second kappa shape index (κ2) is 4.73. The van der Waals surface area contributed by atoms with E-state index in [1.165, 1.54) is 4.90 Å². The lowest BCUT2D eigenvalue weighted by Gasteiger charge is -2.34. The van der Waals surface area contributed by atoms with Gasteiger partial charge in [0.2, 0.25) is 11.8 Å². The summed E-state index contributed by atoms with van der Waals surface area (Å²) in [4.78, 5) is 13.9. The highest BCUT2D eigenvalue weighted by atomic mass is 16.6. The second-order valence-corrected chi connectivity index (χ2v) is 6.28. The number of aryl methyl sites for hydroxylation is 1. The maximum absolute atomic E-state index is 12.4. The predicted octanol–water partition coefficient (Wildman–Crippen LogP) is 2.42. The molecule has 1 aliphatic heterocycles. The van der Waals surface area contributed by atoms with E-state index in [1.807, 2.05) is 20.8 Å². The van der Waals surface area contributed by atoms with Crippen molar-refractivity contribution in [2.45, 2.75) is 58.9 Å². The molecule has 0 saturated carbocycles. The Labute approximate surface area is 118 Å². The Morgan fingerprint density at radius 1 is 1.40 bits per heavy atom. The molecule has 1 atom stereocenters. The molecule has 1 aliphatic rings. The first-order valence-electron chi connectivity index (χ1n) is 6.56. The van der Waals surface area contributed by atoms with E-state index in [0.29, 0.717) is 18.4 Å². The lowest BCUT2D eigenvalue weighted by molar-refractivity contribution is -0.0634. The number of nitrogens with zero attached hydrogens (tertiary/aromatic N) is 3. The molecule has 0 radical (unpaired) electrons. The van der Waals surface area contributed by atoms with Gasteiger partial charge in [-0.05, 0) is 34.6 Å². The number of carbonyl (C=O) groups excluding carboxylic acids is 1. The number of hydrogen-bond acceptors (Lipinski definition) is 6. The maximum atomic E-state index is 12.4. The number of carbonyl (C=O) groups is 1. The standard InChI is InChI=1S/C13H21N3O4/c1-8-14-15-10(19-8)9-7-18-13(5,6)16(9)11(17)20-12(2,3)4/h9H,7H2,1-6H3/t9-/m0/s1. The van der Waals surface area contributed by atoms with Gasteiger partial charge in [-0.25, -0.2) is 4.79 Å². The van der Waals surface area contributed by atoms with E-state index in [0.717, 1.165) is 0 Å². The van der Waals surface area contributed by atoms with Crippen LogP contribution >= 0.6 is 0 Å². The van der Waals surface area contributed by atoms with Crippen molar-refractivity contribution >= 4 is 6.09 Å². The zero-order chi connectivity index (χ0) is 15.1. The first-order chi connectivity index (χ1) is 9.10. The van der Waals surface area contributed by atoms with Gasteiger partial charge < -0.3 is 13.9 Å². The highest BCUT2D eigenvalue weighted by Crippen LogP contribution is 2.37. The summed E-state index contributed by atoms with van der Waals surface area (Å²) in [5.41, 5.74) is -1.36. The summed E-state index contributed by atoms with van der Waals surface area (Å²) in [6, 6.07) is -0.430. The molecule has 2 heterocycles. The van der Waals surface area contributed by atoms with Crippen molar-refractivity contribution < 1.29 is 18.7 Å². The number of rotatable bonds is 1. The van der Waals surface area contributed by atoms with Crippen LogP contribution < -0.4 is 0 Å². The van der Waals surface area contributed by atoms with E-state index in [4.69, 9.17) is 13.9 Å². The van der Waals surface area contributed by atoms with Crippen LogP contribution in [0.25, 0.3) is 0 Å². The molecule has 1 aromatic heterocycles. The number of amides is 1. The fraction of sp³-hybridized carbons (Fsp3) is 0.769. The normalized spacial score (nSPS) is 22.1. The van der Waals surface area contributed by atoms with Crippen molar-refractivity contribution in [3.63, 3.8) is 0 Å². The van der Waals surface area contributed by atoms with Gasteiger partial charge in [0.1, 0.15) is 17.4 Å². The third-order valence-corrected chi connectivity index (χ3v) is 2.90. The van der Waals surface area contributed by atoms with Gasteiger partial charge in [-0.3, -0.25) is 4.90 Å². The molecule has 2 rings (SSSR count). The number of hydrogen-bond donors (Lipinski definition) is 0. The Balaban J connectivity index is 2.27. The largest absolute Gasteiger partial charge is 0.444 e. The summed E-state index contributed by atoms with van der Waals surface area (Å²) in [5, 5.41) is 7.77. The molecular formula is C13H21N3O4. The zero-order valence-corrected chi connectivity index (χ0v) is 12.8. The van der Waals surface area contributed by atoms with Gasteiger partial charge in [-0.2, -0.15) is 0 Å². The van der Waals surface area contributed by atoms with E-state index in [-0.39, 0.29) is 0 Å². The summed E-state index contributed by atoms with van der Waals surface area (Å²) in [6.07, 6.45) is -0.458. The monoisotopic (exact) mass is 283 g/mol. The summed E-state index contributed by atoms with van der Waals surface area (Å²) in [5.74, 6) is 0.813. The minimum atomic E-state index is -0.782.